The summed E-state index contributed by atoms with van der Waals surface area (Å²) >= 11 is 0. The Bertz CT molecular complexity index is 616. The van der Waals surface area contributed by atoms with Gasteiger partial charge in [0.05, 0.1) is 18.6 Å². The van der Waals surface area contributed by atoms with Gasteiger partial charge in [-0.15, -0.1) is 0 Å². The molecule has 0 aliphatic carbocycles. The lowest BCUT2D eigenvalue weighted by molar-refractivity contribution is 0.0525. The van der Waals surface area contributed by atoms with Crippen molar-refractivity contribution < 1.29 is 9.53 Å². The van der Waals surface area contributed by atoms with Gasteiger partial charge in [-0.1, -0.05) is 29.8 Å². The summed E-state index contributed by atoms with van der Waals surface area (Å²) in [4.78, 5) is 21.4. The summed E-state index contributed by atoms with van der Waals surface area (Å²) in [6.07, 6.45) is 6.22. The molecular formula is C18H23N3O2. The quantitative estimate of drug-likeness (QED) is 0.892. The van der Waals surface area contributed by atoms with E-state index in [1.807, 2.05) is 4.90 Å². The first kappa shape index (κ1) is 15.7. The van der Waals surface area contributed by atoms with Crippen molar-refractivity contribution in [1.29, 1.82) is 0 Å². The van der Waals surface area contributed by atoms with Crippen LogP contribution in [0.2, 0.25) is 0 Å². The molecule has 0 unspecified atom stereocenters. The second-order valence-electron chi connectivity index (χ2n) is 6.09. The second kappa shape index (κ2) is 7.42. The van der Waals surface area contributed by atoms with E-state index >= 15 is 0 Å². The second-order valence-corrected chi connectivity index (χ2v) is 6.09. The average Bonchev–Trinajstić information content (AvgIpc) is 3.26. The number of rotatable bonds is 6. The largest absolute Gasteiger partial charge is 0.376 e. The fourth-order valence-electron chi connectivity index (χ4n) is 2.87. The maximum absolute atomic E-state index is 12.7. The van der Waals surface area contributed by atoms with Crippen LogP contribution in [0.4, 0.5) is 0 Å². The summed E-state index contributed by atoms with van der Waals surface area (Å²) in [5.74, 6) is -0.00916. The highest BCUT2D eigenvalue weighted by Crippen LogP contribution is 2.15. The number of aromatic amines is 1. The molecule has 0 radical (unpaired) electrons. The van der Waals surface area contributed by atoms with Crippen LogP contribution in [0.5, 0.6) is 0 Å². The van der Waals surface area contributed by atoms with Gasteiger partial charge in [0, 0.05) is 19.7 Å². The minimum atomic E-state index is -0.00916. The van der Waals surface area contributed by atoms with E-state index in [4.69, 9.17) is 4.74 Å². The first-order chi connectivity index (χ1) is 11.2. The molecule has 0 spiro atoms. The van der Waals surface area contributed by atoms with Crippen LogP contribution in [0.3, 0.4) is 0 Å². The number of nitrogens with zero attached hydrogens (tertiary/aromatic N) is 2. The van der Waals surface area contributed by atoms with E-state index in [1.54, 1.807) is 6.20 Å². The molecule has 1 aliphatic heterocycles. The van der Waals surface area contributed by atoms with Crippen molar-refractivity contribution in [2.45, 2.75) is 32.3 Å². The molecule has 1 atom stereocenters. The van der Waals surface area contributed by atoms with Crippen LogP contribution in [0.1, 0.15) is 34.5 Å². The van der Waals surface area contributed by atoms with Gasteiger partial charge in [-0.05, 0) is 31.7 Å². The normalized spacial score (nSPS) is 17.3. The smallest absolute Gasteiger partial charge is 0.272 e. The van der Waals surface area contributed by atoms with Crippen LogP contribution in [-0.4, -0.2) is 46.6 Å². The van der Waals surface area contributed by atoms with Gasteiger partial charge in [0.25, 0.3) is 5.91 Å². The van der Waals surface area contributed by atoms with Gasteiger partial charge in [0.2, 0.25) is 0 Å². The number of aromatic nitrogens is 2. The van der Waals surface area contributed by atoms with Crippen molar-refractivity contribution in [3.8, 4) is 0 Å². The molecule has 0 bridgehead atoms. The molecule has 5 nitrogen and oxygen atoms in total. The molecule has 5 heteroatoms. The zero-order valence-electron chi connectivity index (χ0n) is 13.5. The third-order valence-corrected chi connectivity index (χ3v) is 4.25. The Morgan fingerprint density at radius 3 is 2.87 bits per heavy atom. The number of carbonyl (C=O) groups excluding carboxylic acids is 1. The van der Waals surface area contributed by atoms with Crippen LogP contribution in [-0.2, 0) is 11.2 Å². The number of amides is 1. The Labute approximate surface area is 136 Å². The standard InChI is InChI=1S/C18H23N3O2/c1-14-4-6-15(7-5-14)8-9-21(12-16-3-2-10-23-16)18(22)17-11-19-13-20-17/h4-7,11,13,16H,2-3,8-10,12H2,1H3,(H,19,20)/t16-/m1/s1. The van der Waals surface area contributed by atoms with Crippen LogP contribution < -0.4 is 0 Å². The van der Waals surface area contributed by atoms with Crippen LogP contribution in [0, 0.1) is 6.92 Å². The van der Waals surface area contributed by atoms with Crippen molar-refractivity contribution in [1.82, 2.24) is 14.9 Å². The van der Waals surface area contributed by atoms with Gasteiger partial charge >= 0.3 is 0 Å². The number of H-pyrrole nitrogens is 1. The lowest BCUT2D eigenvalue weighted by Gasteiger charge is -2.25. The van der Waals surface area contributed by atoms with Crippen LogP contribution in [0.25, 0.3) is 0 Å². The van der Waals surface area contributed by atoms with E-state index in [-0.39, 0.29) is 12.0 Å². The Morgan fingerprint density at radius 1 is 1.39 bits per heavy atom. The highest BCUT2D eigenvalue weighted by atomic mass is 16.5. The first-order valence-electron chi connectivity index (χ1n) is 8.17. The summed E-state index contributed by atoms with van der Waals surface area (Å²) < 4.78 is 5.70. The topological polar surface area (TPSA) is 58.2 Å². The van der Waals surface area contributed by atoms with E-state index in [0.717, 1.165) is 25.9 Å². The Kier molecular flexibility index (Phi) is 5.08. The summed E-state index contributed by atoms with van der Waals surface area (Å²) in [5.41, 5.74) is 3.02. The molecule has 1 N–H and O–H groups in total. The molecule has 1 saturated heterocycles. The van der Waals surface area contributed by atoms with Crippen molar-refractivity contribution in [3.05, 3.63) is 53.6 Å². The Balaban J connectivity index is 1.66. The van der Waals surface area contributed by atoms with Crippen molar-refractivity contribution in [3.63, 3.8) is 0 Å². The molecule has 1 aromatic carbocycles. The van der Waals surface area contributed by atoms with Crippen LogP contribution in [0.15, 0.2) is 36.8 Å². The number of hydrogen-bond donors (Lipinski definition) is 1. The van der Waals surface area contributed by atoms with E-state index < -0.39 is 0 Å². The minimum absolute atomic E-state index is 0.00916. The third kappa shape index (κ3) is 4.20. The molecule has 0 saturated carbocycles. The monoisotopic (exact) mass is 313 g/mol. The number of carbonyl (C=O) groups is 1. The van der Waals surface area contributed by atoms with Gasteiger partial charge in [-0.2, -0.15) is 0 Å². The van der Waals surface area contributed by atoms with Gasteiger partial charge < -0.3 is 14.6 Å². The molecule has 1 aliphatic rings. The Morgan fingerprint density at radius 2 is 2.22 bits per heavy atom. The summed E-state index contributed by atoms with van der Waals surface area (Å²) in [6, 6.07) is 8.47. The number of benzene rings is 1. The van der Waals surface area contributed by atoms with Gasteiger partial charge in [0.1, 0.15) is 5.69 Å². The number of nitrogens with one attached hydrogen (secondary N) is 1. The molecule has 23 heavy (non-hydrogen) atoms. The average molecular weight is 313 g/mol. The van der Waals surface area contributed by atoms with Crippen molar-refractivity contribution in [2.24, 2.45) is 0 Å². The van der Waals surface area contributed by atoms with Crippen molar-refractivity contribution in [2.75, 3.05) is 19.7 Å². The summed E-state index contributed by atoms with van der Waals surface area (Å²) in [6.45, 7) is 4.20. The molecule has 3 rings (SSSR count). The molecule has 2 heterocycles. The van der Waals surface area contributed by atoms with Gasteiger partial charge in [0.15, 0.2) is 0 Å². The third-order valence-electron chi connectivity index (χ3n) is 4.25. The fourth-order valence-corrected chi connectivity index (χ4v) is 2.87. The summed E-state index contributed by atoms with van der Waals surface area (Å²) in [7, 11) is 0. The molecule has 1 amide bonds. The number of hydrogen-bond acceptors (Lipinski definition) is 3. The lowest BCUT2D eigenvalue weighted by atomic mass is 10.1. The van der Waals surface area contributed by atoms with Crippen molar-refractivity contribution >= 4 is 5.91 Å². The number of imidazole rings is 1. The van der Waals surface area contributed by atoms with E-state index in [2.05, 4.69) is 41.2 Å². The molecule has 1 fully saturated rings. The minimum Gasteiger partial charge on any atom is -0.376 e. The molecule has 1 aromatic heterocycles. The lowest BCUT2D eigenvalue weighted by Crippen LogP contribution is -2.39. The zero-order valence-corrected chi connectivity index (χ0v) is 13.5. The Hall–Kier alpha value is -2.14. The molecule has 122 valence electrons. The highest BCUT2D eigenvalue weighted by molar-refractivity contribution is 5.92. The van der Waals surface area contributed by atoms with E-state index in [1.165, 1.54) is 17.5 Å². The number of ether oxygens (including phenoxy) is 1. The molecular weight excluding hydrogens is 290 g/mol. The van der Waals surface area contributed by atoms with Crippen LogP contribution >= 0.6 is 0 Å². The number of aryl methyl sites for hydroxylation is 1. The van der Waals surface area contributed by atoms with Gasteiger partial charge in [-0.3, -0.25) is 4.79 Å². The van der Waals surface area contributed by atoms with E-state index in [0.29, 0.717) is 18.8 Å². The SMILES string of the molecule is Cc1ccc(CCN(C[C@H]2CCCO2)C(=O)c2cnc[nH]2)cc1. The van der Waals surface area contributed by atoms with Gasteiger partial charge in [-0.25, -0.2) is 4.98 Å². The fraction of sp³-hybridized carbons (Fsp3) is 0.444. The maximum atomic E-state index is 12.7. The molecule has 2 aromatic rings. The first-order valence-corrected chi connectivity index (χ1v) is 8.17. The predicted octanol–water partition coefficient (Wildman–Crippen LogP) is 2.58. The highest BCUT2D eigenvalue weighted by Gasteiger charge is 2.23. The van der Waals surface area contributed by atoms with E-state index in [9.17, 15) is 4.79 Å². The predicted molar refractivity (Wildman–Crippen MR) is 88.3 cm³/mol. The summed E-state index contributed by atoms with van der Waals surface area (Å²) in [5, 5.41) is 0. The zero-order chi connectivity index (χ0) is 16.1. The maximum Gasteiger partial charge on any atom is 0.272 e.